The van der Waals surface area contributed by atoms with Crippen molar-refractivity contribution in [2.24, 2.45) is 0 Å². The van der Waals surface area contributed by atoms with Gasteiger partial charge in [-0.3, -0.25) is 0 Å². The maximum absolute atomic E-state index is 12.3. The number of hydrogen-bond acceptors (Lipinski definition) is 5. The van der Waals surface area contributed by atoms with Crippen LogP contribution in [0.4, 0.5) is 0 Å². The normalized spacial score (nSPS) is 20.9. The van der Waals surface area contributed by atoms with E-state index in [0.29, 0.717) is 18.0 Å². The van der Waals surface area contributed by atoms with Crippen molar-refractivity contribution in [2.75, 3.05) is 20.2 Å². The fourth-order valence-corrected chi connectivity index (χ4v) is 4.42. The first kappa shape index (κ1) is 14.9. The predicted molar refractivity (Wildman–Crippen MR) is 73.6 cm³/mol. The number of ether oxygens (including phenoxy) is 1. The first-order valence-electron chi connectivity index (χ1n) is 6.30. The van der Waals surface area contributed by atoms with E-state index < -0.39 is 10.0 Å². The molecule has 1 aromatic heterocycles. The molecule has 0 saturated carbocycles. The zero-order valence-electron chi connectivity index (χ0n) is 10.9. The summed E-state index contributed by atoms with van der Waals surface area (Å²) in [7, 11) is -1.90. The van der Waals surface area contributed by atoms with Gasteiger partial charge in [-0.2, -0.15) is 4.31 Å². The fraction of sp³-hybridized carbons (Fsp3) is 0.667. The molecule has 1 aromatic rings. The average Bonchev–Trinajstić information content (AvgIpc) is 2.89. The van der Waals surface area contributed by atoms with Crippen molar-refractivity contribution in [2.45, 2.75) is 36.9 Å². The quantitative estimate of drug-likeness (QED) is 0.893. The van der Waals surface area contributed by atoms with Gasteiger partial charge in [0.1, 0.15) is 0 Å². The van der Waals surface area contributed by atoms with Crippen LogP contribution in [0, 0.1) is 0 Å². The van der Waals surface area contributed by atoms with Crippen LogP contribution in [0.5, 0.6) is 0 Å². The second kappa shape index (κ2) is 6.32. The molecule has 108 valence electrons. The molecule has 0 spiro atoms. The summed E-state index contributed by atoms with van der Waals surface area (Å²) >= 11 is 1.25. The molecule has 1 unspecified atom stereocenters. The molecule has 19 heavy (non-hydrogen) atoms. The highest BCUT2D eigenvalue weighted by atomic mass is 32.2. The van der Waals surface area contributed by atoms with E-state index in [2.05, 4.69) is 0 Å². The minimum Gasteiger partial charge on any atom is -0.391 e. The number of aliphatic hydroxyl groups excluding tert-OH is 1. The van der Waals surface area contributed by atoms with Crippen molar-refractivity contribution in [3.63, 3.8) is 0 Å². The lowest BCUT2D eigenvalue weighted by molar-refractivity contribution is 0.00859. The van der Waals surface area contributed by atoms with Gasteiger partial charge in [0.05, 0.1) is 17.6 Å². The first-order valence-corrected chi connectivity index (χ1v) is 8.62. The van der Waals surface area contributed by atoms with E-state index in [-0.39, 0.29) is 17.6 Å². The summed E-state index contributed by atoms with van der Waals surface area (Å²) in [5.41, 5.74) is 0. The van der Waals surface area contributed by atoms with Crippen molar-refractivity contribution in [3.8, 4) is 0 Å². The van der Waals surface area contributed by atoms with Crippen molar-refractivity contribution in [1.82, 2.24) is 4.31 Å². The molecule has 1 atom stereocenters. The van der Waals surface area contributed by atoms with E-state index in [1.165, 1.54) is 21.7 Å². The van der Waals surface area contributed by atoms with Gasteiger partial charge in [-0.05, 0) is 25.3 Å². The Balaban J connectivity index is 2.05. The maximum atomic E-state index is 12.3. The minimum absolute atomic E-state index is 0.00975. The van der Waals surface area contributed by atoms with E-state index in [1.54, 1.807) is 12.4 Å². The Morgan fingerprint density at radius 2 is 2.32 bits per heavy atom. The van der Waals surface area contributed by atoms with Crippen LogP contribution in [0.1, 0.15) is 24.1 Å². The van der Waals surface area contributed by atoms with Crippen molar-refractivity contribution >= 4 is 21.4 Å². The van der Waals surface area contributed by atoms with Crippen LogP contribution in [0.15, 0.2) is 16.3 Å². The molecule has 0 amide bonds. The minimum atomic E-state index is -3.47. The lowest BCUT2D eigenvalue weighted by Crippen LogP contribution is -2.36. The van der Waals surface area contributed by atoms with Gasteiger partial charge >= 0.3 is 0 Å². The van der Waals surface area contributed by atoms with Gasteiger partial charge in [0.25, 0.3) is 0 Å². The number of thiophene rings is 1. The van der Waals surface area contributed by atoms with Crippen LogP contribution >= 0.6 is 11.3 Å². The van der Waals surface area contributed by atoms with Gasteiger partial charge in [-0.25, -0.2) is 8.42 Å². The summed E-state index contributed by atoms with van der Waals surface area (Å²) < 4.78 is 31.6. The molecule has 1 aliphatic heterocycles. The Labute approximate surface area is 117 Å². The van der Waals surface area contributed by atoms with Crippen LogP contribution < -0.4 is 0 Å². The van der Waals surface area contributed by atoms with Crippen molar-refractivity contribution in [1.29, 1.82) is 0 Å². The zero-order valence-corrected chi connectivity index (χ0v) is 12.5. The predicted octanol–water partition coefficient (Wildman–Crippen LogP) is 1.43. The van der Waals surface area contributed by atoms with Gasteiger partial charge < -0.3 is 9.84 Å². The van der Waals surface area contributed by atoms with Crippen molar-refractivity contribution < 1.29 is 18.3 Å². The van der Waals surface area contributed by atoms with Crippen LogP contribution in [-0.2, 0) is 21.4 Å². The molecule has 1 saturated heterocycles. The molecule has 1 N–H and O–H groups in total. The number of sulfonamides is 1. The molecule has 0 aromatic carbocycles. The third kappa shape index (κ3) is 3.55. The van der Waals surface area contributed by atoms with Gasteiger partial charge in [-0.1, -0.05) is 0 Å². The summed E-state index contributed by atoms with van der Waals surface area (Å²) in [6.45, 7) is 0.966. The third-order valence-corrected chi connectivity index (χ3v) is 6.10. The molecular weight excluding hydrogens is 286 g/mol. The highest BCUT2D eigenvalue weighted by Gasteiger charge is 2.26. The fourth-order valence-electron chi connectivity index (χ4n) is 2.09. The molecule has 1 aliphatic rings. The maximum Gasteiger partial charge on any atom is 0.243 e. The molecule has 2 heterocycles. The smallest absolute Gasteiger partial charge is 0.243 e. The van der Waals surface area contributed by atoms with Gasteiger partial charge in [0.2, 0.25) is 10.0 Å². The Morgan fingerprint density at radius 1 is 1.53 bits per heavy atom. The Morgan fingerprint density at radius 3 is 2.89 bits per heavy atom. The molecule has 0 radical (unpaired) electrons. The molecule has 0 bridgehead atoms. The lowest BCUT2D eigenvalue weighted by Gasteiger charge is -2.26. The van der Waals surface area contributed by atoms with E-state index >= 15 is 0 Å². The van der Waals surface area contributed by atoms with Crippen LogP contribution in [-0.4, -0.2) is 44.1 Å². The van der Waals surface area contributed by atoms with Gasteiger partial charge in [0, 0.05) is 30.5 Å². The Kier molecular flexibility index (Phi) is 4.97. The molecule has 0 aliphatic carbocycles. The number of nitrogens with zero attached hydrogens (tertiary/aromatic N) is 1. The highest BCUT2D eigenvalue weighted by molar-refractivity contribution is 7.89. The second-order valence-electron chi connectivity index (χ2n) is 4.68. The summed E-state index contributed by atoms with van der Waals surface area (Å²) in [5.74, 6) is 0. The van der Waals surface area contributed by atoms with E-state index in [1.807, 2.05) is 0 Å². The average molecular weight is 305 g/mol. The van der Waals surface area contributed by atoms with Crippen LogP contribution in [0.3, 0.4) is 0 Å². The number of likely N-dealkylation sites (N-methyl/N-ethyl adjacent to an activating group) is 1. The topological polar surface area (TPSA) is 66.8 Å². The monoisotopic (exact) mass is 305 g/mol. The van der Waals surface area contributed by atoms with E-state index in [9.17, 15) is 8.42 Å². The first-order chi connectivity index (χ1) is 9.04. The van der Waals surface area contributed by atoms with Crippen molar-refractivity contribution in [3.05, 3.63) is 16.3 Å². The highest BCUT2D eigenvalue weighted by Crippen LogP contribution is 2.23. The number of hydrogen-bond donors (Lipinski definition) is 1. The molecule has 5 nitrogen and oxygen atoms in total. The molecule has 7 heteroatoms. The largest absolute Gasteiger partial charge is 0.391 e. The van der Waals surface area contributed by atoms with Gasteiger partial charge in [0.15, 0.2) is 0 Å². The van der Waals surface area contributed by atoms with Crippen LogP contribution in [0.25, 0.3) is 0 Å². The Bertz CT molecular complexity index is 506. The Hall–Kier alpha value is -0.470. The van der Waals surface area contributed by atoms with Crippen LogP contribution in [0.2, 0.25) is 0 Å². The summed E-state index contributed by atoms with van der Waals surface area (Å²) in [5, 5.41) is 10.6. The lowest BCUT2D eigenvalue weighted by atomic mass is 10.1. The third-order valence-electron chi connectivity index (χ3n) is 3.23. The molecule has 1 fully saturated rings. The molecular formula is C12H19NO4S2. The van der Waals surface area contributed by atoms with E-state index in [0.717, 1.165) is 19.3 Å². The summed E-state index contributed by atoms with van der Waals surface area (Å²) in [6.07, 6.45) is 3.04. The molecule has 2 rings (SSSR count). The number of rotatable bonds is 5. The number of aliphatic hydroxyl groups is 1. The summed E-state index contributed by atoms with van der Waals surface area (Å²) in [4.78, 5) is 0.903. The van der Waals surface area contributed by atoms with E-state index in [4.69, 9.17) is 9.84 Å². The zero-order chi connectivity index (χ0) is 13.9. The second-order valence-corrected chi connectivity index (χ2v) is 7.72. The van der Waals surface area contributed by atoms with Gasteiger partial charge in [-0.15, -0.1) is 11.3 Å². The SMILES string of the molecule is CN(CC1CCCCO1)S(=O)(=O)c1csc(CO)c1. The standard InChI is InChI=1S/C12H19NO4S2/c1-13(7-10-4-2-3-5-17-10)19(15,16)12-6-11(8-14)18-9-12/h6,9-10,14H,2-5,7-8H2,1H3. The summed E-state index contributed by atoms with van der Waals surface area (Å²) in [6, 6.07) is 1.53.